The molecule has 1 unspecified atom stereocenters. The van der Waals surface area contributed by atoms with E-state index in [9.17, 15) is 9.18 Å². The van der Waals surface area contributed by atoms with Crippen molar-refractivity contribution in [3.63, 3.8) is 0 Å². The number of halogens is 1. The summed E-state index contributed by atoms with van der Waals surface area (Å²) in [7, 11) is 4.01. The Morgan fingerprint density at radius 3 is 2.75 bits per heavy atom. The fourth-order valence-electron chi connectivity index (χ4n) is 2.83. The predicted octanol–water partition coefficient (Wildman–Crippen LogP) is 3.68. The molecule has 0 radical (unpaired) electrons. The highest BCUT2D eigenvalue weighted by molar-refractivity contribution is 7.07. The Bertz CT molecular complexity index is 878. The standard InChI is InChI=1S/C20H23FN4O2S/c1-25(2)17(15-10-11-28-13-15)12-22-18(26)4-3-5-19-23-20(24-27-19)14-6-8-16(21)9-7-14/h6-11,13,17H,3-5,12H2,1-2H3,(H,22,26). The highest BCUT2D eigenvalue weighted by Gasteiger charge is 2.16. The van der Waals surface area contributed by atoms with Crippen LogP contribution in [-0.2, 0) is 11.2 Å². The Labute approximate surface area is 167 Å². The van der Waals surface area contributed by atoms with Crippen LogP contribution in [0.15, 0.2) is 45.6 Å². The lowest BCUT2D eigenvalue weighted by molar-refractivity contribution is -0.121. The second kappa shape index (κ2) is 9.57. The Hall–Kier alpha value is -2.58. The van der Waals surface area contributed by atoms with Crippen molar-refractivity contribution in [2.75, 3.05) is 20.6 Å². The minimum absolute atomic E-state index is 0.000327. The van der Waals surface area contributed by atoms with Gasteiger partial charge in [0.25, 0.3) is 0 Å². The van der Waals surface area contributed by atoms with Gasteiger partial charge < -0.3 is 14.7 Å². The largest absolute Gasteiger partial charge is 0.354 e. The fraction of sp³-hybridized carbons (Fsp3) is 0.350. The number of nitrogens with one attached hydrogen (secondary N) is 1. The first-order chi connectivity index (χ1) is 13.5. The van der Waals surface area contributed by atoms with E-state index in [2.05, 4.69) is 31.8 Å². The van der Waals surface area contributed by atoms with E-state index in [-0.39, 0.29) is 17.8 Å². The van der Waals surface area contributed by atoms with Crippen LogP contribution in [-0.4, -0.2) is 41.6 Å². The fourth-order valence-corrected chi connectivity index (χ4v) is 3.54. The third-order valence-corrected chi connectivity index (χ3v) is 5.11. The molecule has 28 heavy (non-hydrogen) atoms. The summed E-state index contributed by atoms with van der Waals surface area (Å²) in [5.41, 5.74) is 1.90. The zero-order valence-corrected chi connectivity index (χ0v) is 16.7. The minimum atomic E-state index is -0.311. The summed E-state index contributed by atoms with van der Waals surface area (Å²) in [6, 6.07) is 8.15. The first-order valence-electron chi connectivity index (χ1n) is 9.06. The van der Waals surface area contributed by atoms with E-state index in [4.69, 9.17) is 4.52 Å². The van der Waals surface area contributed by atoms with Crippen LogP contribution in [0.5, 0.6) is 0 Å². The summed E-state index contributed by atoms with van der Waals surface area (Å²) >= 11 is 1.65. The summed E-state index contributed by atoms with van der Waals surface area (Å²) in [5.74, 6) is 0.579. The molecule has 0 spiro atoms. The molecule has 0 fully saturated rings. The Kier molecular flexibility index (Phi) is 6.89. The summed E-state index contributed by atoms with van der Waals surface area (Å²) in [6.45, 7) is 0.567. The maximum Gasteiger partial charge on any atom is 0.226 e. The van der Waals surface area contributed by atoms with Gasteiger partial charge in [0.15, 0.2) is 0 Å². The number of likely N-dealkylation sites (N-methyl/N-ethyl adjacent to an activating group) is 1. The Balaban J connectivity index is 1.43. The lowest BCUT2D eigenvalue weighted by Crippen LogP contribution is -2.34. The molecule has 148 valence electrons. The molecule has 0 saturated carbocycles. The van der Waals surface area contributed by atoms with Gasteiger partial charge in [-0.3, -0.25) is 4.79 Å². The molecule has 2 heterocycles. The Morgan fingerprint density at radius 1 is 1.29 bits per heavy atom. The monoisotopic (exact) mass is 402 g/mol. The number of amides is 1. The van der Waals surface area contributed by atoms with Gasteiger partial charge in [-0.2, -0.15) is 16.3 Å². The summed E-state index contributed by atoms with van der Waals surface area (Å²) in [4.78, 5) is 18.6. The van der Waals surface area contributed by atoms with E-state index in [1.165, 1.54) is 17.7 Å². The molecule has 6 nitrogen and oxygen atoms in total. The molecule has 0 aliphatic heterocycles. The van der Waals surface area contributed by atoms with Crippen LogP contribution >= 0.6 is 11.3 Å². The molecule has 0 aliphatic carbocycles. The van der Waals surface area contributed by atoms with Crippen LogP contribution < -0.4 is 5.32 Å². The van der Waals surface area contributed by atoms with Crippen molar-refractivity contribution in [1.29, 1.82) is 0 Å². The predicted molar refractivity (Wildman–Crippen MR) is 106 cm³/mol. The van der Waals surface area contributed by atoms with Crippen LogP contribution in [0.25, 0.3) is 11.4 Å². The summed E-state index contributed by atoms with van der Waals surface area (Å²) in [6.07, 6.45) is 1.52. The van der Waals surface area contributed by atoms with E-state index in [1.807, 2.05) is 19.5 Å². The topological polar surface area (TPSA) is 71.3 Å². The van der Waals surface area contributed by atoms with E-state index < -0.39 is 0 Å². The van der Waals surface area contributed by atoms with Gasteiger partial charge in [0.2, 0.25) is 17.6 Å². The van der Waals surface area contributed by atoms with Gasteiger partial charge in [-0.05, 0) is 67.2 Å². The van der Waals surface area contributed by atoms with Gasteiger partial charge in [0.1, 0.15) is 5.82 Å². The summed E-state index contributed by atoms with van der Waals surface area (Å²) < 4.78 is 18.2. The third-order valence-electron chi connectivity index (χ3n) is 4.41. The molecule has 1 N–H and O–H groups in total. The first-order valence-corrected chi connectivity index (χ1v) is 10.0. The molecule has 2 aromatic heterocycles. The number of rotatable bonds is 9. The average Bonchev–Trinajstić information content (AvgIpc) is 3.35. The molecule has 1 atom stereocenters. The van der Waals surface area contributed by atoms with Crippen molar-refractivity contribution >= 4 is 17.2 Å². The van der Waals surface area contributed by atoms with Crippen LogP contribution in [0.4, 0.5) is 4.39 Å². The second-order valence-corrected chi connectivity index (χ2v) is 7.49. The lowest BCUT2D eigenvalue weighted by atomic mass is 10.1. The van der Waals surface area contributed by atoms with E-state index in [0.717, 1.165) is 0 Å². The zero-order valence-electron chi connectivity index (χ0n) is 15.9. The summed E-state index contributed by atoms with van der Waals surface area (Å²) in [5, 5.41) is 11.0. The molecule has 0 bridgehead atoms. The number of aromatic nitrogens is 2. The van der Waals surface area contributed by atoms with Crippen LogP contribution in [0, 0.1) is 5.82 Å². The highest BCUT2D eigenvalue weighted by Crippen LogP contribution is 2.20. The highest BCUT2D eigenvalue weighted by atomic mass is 32.1. The van der Waals surface area contributed by atoms with Gasteiger partial charge >= 0.3 is 0 Å². The molecule has 0 saturated heterocycles. The molecule has 8 heteroatoms. The van der Waals surface area contributed by atoms with E-state index >= 15 is 0 Å². The lowest BCUT2D eigenvalue weighted by Gasteiger charge is -2.24. The third kappa shape index (κ3) is 5.46. The number of nitrogens with zero attached hydrogens (tertiary/aromatic N) is 3. The van der Waals surface area contributed by atoms with Gasteiger partial charge in [0, 0.05) is 24.9 Å². The number of hydrogen-bond donors (Lipinski definition) is 1. The molecule has 3 aromatic rings. The number of aryl methyl sites for hydroxylation is 1. The molecular weight excluding hydrogens is 379 g/mol. The molecule has 3 rings (SSSR count). The molecule has 1 amide bonds. The van der Waals surface area contributed by atoms with E-state index in [0.29, 0.717) is 43.1 Å². The van der Waals surface area contributed by atoms with Gasteiger partial charge in [-0.25, -0.2) is 4.39 Å². The van der Waals surface area contributed by atoms with Crippen LogP contribution in [0.3, 0.4) is 0 Å². The minimum Gasteiger partial charge on any atom is -0.354 e. The second-order valence-electron chi connectivity index (χ2n) is 6.71. The van der Waals surface area contributed by atoms with Crippen LogP contribution in [0.1, 0.15) is 30.3 Å². The quantitative estimate of drug-likeness (QED) is 0.591. The zero-order chi connectivity index (χ0) is 19.9. The van der Waals surface area contributed by atoms with Gasteiger partial charge in [0.05, 0.1) is 6.04 Å². The first kappa shape index (κ1) is 20.2. The average molecular weight is 402 g/mol. The van der Waals surface area contributed by atoms with Gasteiger partial charge in [-0.15, -0.1) is 0 Å². The van der Waals surface area contributed by atoms with E-state index in [1.54, 1.807) is 23.5 Å². The molecule has 0 aliphatic rings. The van der Waals surface area contributed by atoms with Crippen molar-refractivity contribution < 1.29 is 13.7 Å². The maximum atomic E-state index is 13.0. The Morgan fingerprint density at radius 2 is 2.07 bits per heavy atom. The number of hydrogen-bond acceptors (Lipinski definition) is 6. The molecular formula is C20H23FN4O2S. The van der Waals surface area contributed by atoms with Crippen molar-refractivity contribution in [2.24, 2.45) is 0 Å². The smallest absolute Gasteiger partial charge is 0.226 e. The van der Waals surface area contributed by atoms with Crippen molar-refractivity contribution in [1.82, 2.24) is 20.4 Å². The normalized spacial score (nSPS) is 12.3. The van der Waals surface area contributed by atoms with Crippen molar-refractivity contribution in [2.45, 2.75) is 25.3 Å². The number of benzene rings is 1. The maximum absolute atomic E-state index is 13.0. The van der Waals surface area contributed by atoms with Crippen LogP contribution in [0.2, 0.25) is 0 Å². The number of thiophene rings is 1. The number of carbonyl (C=O) groups is 1. The SMILES string of the molecule is CN(C)C(CNC(=O)CCCc1nc(-c2ccc(F)cc2)no1)c1ccsc1. The number of carbonyl (C=O) groups excluding carboxylic acids is 1. The molecule has 1 aromatic carbocycles. The van der Waals surface area contributed by atoms with Crippen molar-refractivity contribution in [3.8, 4) is 11.4 Å². The van der Waals surface area contributed by atoms with Crippen molar-refractivity contribution in [3.05, 3.63) is 58.4 Å². The van der Waals surface area contributed by atoms with Gasteiger partial charge in [-0.1, -0.05) is 5.16 Å².